The molecule has 1 heterocycles. The second-order valence-corrected chi connectivity index (χ2v) is 6.04. The number of hydrogen-bond donors (Lipinski definition) is 0. The first kappa shape index (κ1) is 12.6. The Bertz CT molecular complexity index is 395. The largest absolute Gasteiger partial charge is 0.236 e. The molecule has 1 saturated carbocycles. The summed E-state index contributed by atoms with van der Waals surface area (Å²) in [6, 6.07) is 0. The van der Waals surface area contributed by atoms with E-state index in [1.54, 1.807) is 0 Å². The normalized spacial score (nSPS) is 25.0. The van der Waals surface area contributed by atoms with Crippen molar-refractivity contribution in [2.24, 2.45) is 5.92 Å². The first-order chi connectivity index (χ1) is 7.61. The van der Waals surface area contributed by atoms with E-state index in [0.717, 1.165) is 27.4 Å². The van der Waals surface area contributed by atoms with Crippen LogP contribution in [-0.4, -0.2) is 9.97 Å². The monoisotopic (exact) mass is 350 g/mol. The summed E-state index contributed by atoms with van der Waals surface area (Å²) in [5, 5.41) is 0.627. The lowest BCUT2D eigenvalue weighted by atomic mass is 10.1. The number of halogens is 2. The molecule has 16 heavy (non-hydrogen) atoms. The molecule has 2 rings (SSSR count). The van der Waals surface area contributed by atoms with Gasteiger partial charge in [0.2, 0.25) is 0 Å². The quantitative estimate of drug-likeness (QED) is 0.590. The minimum atomic E-state index is 0.523. The smallest absolute Gasteiger partial charge is 0.146 e. The van der Waals surface area contributed by atoms with E-state index < -0.39 is 0 Å². The first-order valence-corrected chi connectivity index (χ1v) is 7.29. The van der Waals surface area contributed by atoms with Gasteiger partial charge in [0, 0.05) is 5.92 Å². The summed E-state index contributed by atoms with van der Waals surface area (Å²) in [4.78, 5) is 9.11. The summed E-state index contributed by atoms with van der Waals surface area (Å²) in [5.74, 6) is 2.29. The molecule has 2 unspecified atom stereocenters. The molecule has 0 N–H and O–H groups in total. The first-order valence-electron chi connectivity index (χ1n) is 5.83. The Morgan fingerprint density at radius 1 is 1.38 bits per heavy atom. The number of nitrogens with zero attached hydrogens (tertiary/aromatic N) is 2. The zero-order chi connectivity index (χ0) is 11.7. The van der Waals surface area contributed by atoms with Crippen molar-refractivity contribution in [1.29, 1.82) is 0 Å². The lowest BCUT2D eigenvalue weighted by molar-refractivity contribution is 0.583. The SMILES string of the molecule is CCc1nc(C2CCC(C)C2)nc(Cl)c1I. The Morgan fingerprint density at radius 2 is 2.12 bits per heavy atom. The molecule has 2 atom stereocenters. The predicted octanol–water partition coefficient (Wildman–Crippen LogP) is 4.20. The molecule has 0 spiro atoms. The van der Waals surface area contributed by atoms with Crippen LogP contribution in [0.1, 0.15) is 50.5 Å². The van der Waals surface area contributed by atoms with Crippen LogP contribution in [0.2, 0.25) is 5.15 Å². The van der Waals surface area contributed by atoms with Crippen LogP contribution < -0.4 is 0 Å². The van der Waals surface area contributed by atoms with E-state index in [9.17, 15) is 0 Å². The molecule has 0 amide bonds. The second kappa shape index (κ2) is 5.17. The van der Waals surface area contributed by atoms with Gasteiger partial charge in [0.25, 0.3) is 0 Å². The molecule has 0 aromatic carbocycles. The molecule has 1 aromatic rings. The molecular formula is C12H16ClIN2. The molecular weight excluding hydrogens is 335 g/mol. The molecule has 0 bridgehead atoms. The van der Waals surface area contributed by atoms with Gasteiger partial charge in [-0.25, -0.2) is 9.97 Å². The fourth-order valence-electron chi connectivity index (χ4n) is 2.34. The maximum absolute atomic E-state index is 6.15. The number of hydrogen-bond acceptors (Lipinski definition) is 2. The third-order valence-electron chi connectivity index (χ3n) is 3.29. The van der Waals surface area contributed by atoms with E-state index in [1.165, 1.54) is 19.3 Å². The van der Waals surface area contributed by atoms with Gasteiger partial charge < -0.3 is 0 Å². The number of rotatable bonds is 2. The van der Waals surface area contributed by atoms with Crippen LogP contribution >= 0.6 is 34.2 Å². The molecule has 1 aliphatic rings. The molecule has 4 heteroatoms. The zero-order valence-electron chi connectivity index (χ0n) is 9.63. The van der Waals surface area contributed by atoms with Crippen molar-refractivity contribution in [3.05, 3.63) is 20.2 Å². The van der Waals surface area contributed by atoms with Crippen molar-refractivity contribution in [3.8, 4) is 0 Å². The van der Waals surface area contributed by atoms with E-state index in [-0.39, 0.29) is 0 Å². The van der Waals surface area contributed by atoms with E-state index in [4.69, 9.17) is 11.6 Å². The van der Waals surface area contributed by atoms with Crippen LogP contribution in [0.15, 0.2) is 0 Å². The van der Waals surface area contributed by atoms with Crippen LogP contribution in [0.3, 0.4) is 0 Å². The minimum Gasteiger partial charge on any atom is -0.236 e. The maximum atomic E-state index is 6.15. The summed E-state index contributed by atoms with van der Waals surface area (Å²) in [6.45, 7) is 4.41. The number of aryl methyl sites for hydroxylation is 1. The van der Waals surface area contributed by atoms with Crippen molar-refractivity contribution in [2.75, 3.05) is 0 Å². The average molecular weight is 351 g/mol. The van der Waals surface area contributed by atoms with Crippen molar-refractivity contribution in [2.45, 2.75) is 45.4 Å². The lowest BCUT2D eigenvalue weighted by Crippen LogP contribution is -2.06. The Morgan fingerprint density at radius 3 is 2.69 bits per heavy atom. The van der Waals surface area contributed by atoms with Gasteiger partial charge in [-0.3, -0.25) is 0 Å². The van der Waals surface area contributed by atoms with Gasteiger partial charge in [-0.2, -0.15) is 0 Å². The van der Waals surface area contributed by atoms with Gasteiger partial charge in [-0.1, -0.05) is 25.4 Å². The van der Waals surface area contributed by atoms with Crippen LogP contribution in [0.4, 0.5) is 0 Å². The lowest BCUT2D eigenvalue weighted by Gasteiger charge is -2.11. The van der Waals surface area contributed by atoms with E-state index >= 15 is 0 Å². The third kappa shape index (κ3) is 2.50. The van der Waals surface area contributed by atoms with Gasteiger partial charge in [0.15, 0.2) is 0 Å². The van der Waals surface area contributed by atoms with Crippen LogP contribution in [-0.2, 0) is 6.42 Å². The van der Waals surface area contributed by atoms with Gasteiger partial charge in [-0.15, -0.1) is 0 Å². The zero-order valence-corrected chi connectivity index (χ0v) is 12.5. The molecule has 0 radical (unpaired) electrons. The number of aromatic nitrogens is 2. The second-order valence-electron chi connectivity index (χ2n) is 4.60. The van der Waals surface area contributed by atoms with Crippen molar-refractivity contribution in [3.63, 3.8) is 0 Å². The standard InChI is InChI=1S/C12H16ClIN2/c1-3-9-10(14)11(13)16-12(15-9)8-5-4-7(2)6-8/h7-8H,3-6H2,1-2H3. The summed E-state index contributed by atoms with van der Waals surface area (Å²) in [5.41, 5.74) is 1.09. The van der Waals surface area contributed by atoms with E-state index in [1.807, 2.05) is 0 Å². The highest BCUT2D eigenvalue weighted by Gasteiger charge is 2.26. The summed E-state index contributed by atoms with van der Waals surface area (Å²) in [7, 11) is 0. The van der Waals surface area contributed by atoms with Crippen molar-refractivity contribution in [1.82, 2.24) is 9.97 Å². The third-order valence-corrected chi connectivity index (χ3v) is 5.02. The summed E-state index contributed by atoms with van der Waals surface area (Å²) >= 11 is 8.39. The van der Waals surface area contributed by atoms with E-state index in [0.29, 0.717) is 11.1 Å². The van der Waals surface area contributed by atoms with Crippen LogP contribution in [0.25, 0.3) is 0 Å². The Balaban J connectivity index is 2.31. The predicted molar refractivity (Wildman–Crippen MR) is 74.9 cm³/mol. The topological polar surface area (TPSA) is 25.8 Å². The Hall–Kier alpha value is 0.100. The van der Waals surface area contributed by atoms with Gasteiger partial charge in [0.1, 0.15) is 11.0 Å². The maximum Gasteiger partial charge on any atom is 0.146 e. The Labute approximate surface area is 115 Å². The average Bonchev–Trinajstić information content (AvgIpc) is 2.69. The molecule has 0 saturated heterocycles. The molecule has 2 nitrogen and oxygen atoms in total. The molecule has 1 aromatic heterocycles. The minimum absolute atomic E-state index is 0.523. The van der Waals surface area contributed by atoms with E-state index in [2.05, 4.69) is 46.4 Å². The van der Waals surface area contributed by atoms with Crippen LogP contribution in [0, 0.1) is 9.49 Å². The fourth-order valence-corrected chi connectivity index (χ4v) is 3.16. The highest BCUT2D eigenvalue weighted by molar-refractivity contribution is 14.1. The van der Waals surface area contributed by atoms with Gasteiger partial charge in [0.05, 0.1) is 9.26 Å². The van der Waals surface area contributed by atoms with Crippen LogP contribution in [0.5, 0.6) is 0 Å². The Kier molecular flexibility index (Phi) is 4.06. The molecule has 88 valence electrons. The highest BCUT2D eigenvalue weighted by atomic mass is 127. The molecule has 1 fully saturated rings. The molecule has 0 aliphatic heterocycles. The summed E-state index contributed by atoms with van der Waals surface area (Å²) in [6.07, 6.45) is 4.64. The highest BCUT2D eigenvalue weighted by Crippen LogP contribution is 2.37. The van der Waals surface area contributed by atoms with Crippen molar-refractivity contribution < 1.29 is 0 Å². The van der Waals surface area contributed by atoms with Crippen molar-refractivity contribution >= 4 is 34.2 Å². The molecule has 1 aliphatic carbocycles. The summed E-state index contributed by atoms with van der Waals surface area (Å²) < 4.78 is 1.01. The van der Waals surface area contributed by atoms with Gasteiger partial charge >= 0.3 is 0 Å². The van der Waals surface area contributed by atoms with Gasteiger partial charge in [-0.05, 0) is 54.2 Å². The fraction of sp³-hybridized carbons (Fsp3) is 0.667.